The maximum absolute atomic E-state index is 5.92. The van der Waals surface area contributed by atoms with Crippen LogP contribution in [-0.2, 0) is 0 Å². The summed E-state index contributed by atoms with van der Waals surface area (Å²) in [5, 5.41) is 3.51. The van der Waals surface area contributed by atoms with Gasteiger partial charge in [0.2, 0.25) is 0 Å². The Morgan fingerprint density at radius 1 is 1.06 bits per heavy atom. The highest BCUT2D eigenvalue weighted by molar-refractivity contribution is 9.09. The third-order valence-electron chi connectivity index (χ3n) is 3.22. The summed E-state index contributed by atoms with van der Waals surface area (Å²) >= 11 is 3.48. The molecule has 0 bridgehead atoms. The summed E-state index contributed by atoms with van der Waals surface area (Å²) in [7, 11) is 0. The molecule has 0 radical (unpaired) electrons. The van der Waals surface area contributed by atoms with Crippen molar-refractivity contribution in [2.45, 2.75) is 19.8 Å². The normalized spacial score (nSPS) is 12.6. The van der Waals surface area contributed by atoms with E-state index in [-0.39, 0.29) is 0 Å². The topological polar surface area (TPSA) is 9.23 Å². The van der Waals surface area contributed by atoms with Crippen LogP contribution in [0.5, 0.6) is 5.75 Å². The summed E-state index contributed by atoms with van der Waals surface area (Å²) in [6.07, 6.45) is 2.31. The van der Waals surface area contributed by atoms with Crippen molar-refractivity contribution in [2.24, 2.45) is 5.92 Å². The van der Waals surface area contributed by atoms with Gasteiger partial charge in [0.15, 0.2) is 0 Å². The molecule has 2 aromatic carbocycles. The molecule has 96 valence electrons. The molecule has 0 aliphatic carbocycles. The Labute approximate surface area is 117 Å². The van der Waals surface area contributed by atoms with Gasteiger partial charge < -0.3 is 4.74 Å². The first kappa shape index (κ1) is 13.4. The van der Waals surface area contributed by atoms with E-state index in [1.54, 1.807) is 0 Å². The van der Waals surface area contributed by atoms with Crippen LogP contribution in [0.1, 0.15) is 19.8 Å². The molecule has 1 nitrogen and oxygen atoms in total. The minimum absolute atomic E-state index is 0.708. The van der Waals surface area contributed by atoms with E-state index in [1.807, 2.05) is 0 Å². The average Bonchev–Trinajstić information content (AvgIpc) is 2.39. The second kappa shape index (κ2) is 6.79. The third-order valence-corrected chi connectivity index (χ3v) is 3.68. The van der Waals surface area contributed by atoms with Crippen LogP contribution in [0.15, 0.2) is 42.5 Å². The van der Waals surface area contributed by atoms with Crippen LogP contribution in [0.25, 0.3) is 10.8 Å². The van der Waals surface area contributed by atoms with Gasteiger partial charge in [-0.15, -0.1) is 0 Å². The molecule has 1 unspecified atom stereocenters. The number of alkyl halides is 1. The van der Waals surface area contributed by atoms with Crippen LogP contribution in [-0.4, -0.2) is 11.9 Å². The number of benzene rings is 2. The molecule has 0 fully saturated rings. The molecule has 1 atom stereocenters. The van der Waals surface area contributed by atoms with Gasteiger partial charge in [0.05, 0.1) is 6.61 Å². The number of hydrogen-bond acceptors (Lipinski definition) is 1. The molecule has 0 saturated heterocycles. The van der Waals surface area contributed by atoms with Gasteiger partial charge in [-0.1, -0.05) is 59.3 Å². The lowest BCUT2D eigenvalue weighted by atomic mass is 10.1. The van der Waals surface area contributed by atoms with Crippen LogP contribution >= 0.6 is 15.9 Å². The van der Waals surface area contributed by atoms with Gasteiger partial charge in [0.25, 0.3) is 0 Å². The van der Waals surface area contributed by atoms with Crippen LogP contribution in [0.2, 0.25) is 0 Å². The summed E-state index contributed by atoms with van der Waals surface area (Å²) in [6.45, 7) is 3.07. The molecule has 2 heteroatoms. The summed E-state index contributed by atoms with van der Waals surface area (Å²) in [5.74, 6) is 1.71. The van der Waals surface area contributed by atoms with Crippen molar-refractivity contribution < 1.29 is 4.74 Å². The number of fused-ring (bicyclic) bond motifs is 1. The van der Waals surface area contributed by atoms with Gasteiger partial charge in [-0.05, 0) is 30.2 Å². The Hall–Kier alpha value is -1.02. The lowest BCUT2D eigenvalue weighted by molar-refractivity contribution is 0.285. The molecule has 0 spiro atoms. The van der Waals surface area contributed by atoms with Gasteiger partial charge in [0, 0.05) is 10.7 Å². The Bertz CT molecular complexity index is 490. The number of ether oxygens (including phenoxy) is 1. The van der Waals surface area contributed by atoms with Crippen LogP contribution in [0, 0.1) is 5.92 Å². The highest BCUT2D eigenvalue weighted by atomic mass is 79.9. The zero-order valence-corrected chi connectivity index (χ0v) is 12.3. The summed E-state index contributed by atoms with van der Waals surface area (Å²) in [6, 6.07) is 14.6. The molecule has 18 heavy (non-hydrogen) atoms. The SMILES string of the molecule is CC(CCBr)CCOc1cccc2ccccc12. The van der Waals surface area contributed by atoms with E-state index >= 15 is 0 Å². The summed E-state index contributed by atoms with van der Waals surface area (Å²) in [5.41, 5.74) is 0. The monoisotopic (exact) mass is 306 g/mol. The number of halogens is 1. The second-order valence-electron chi connectivity index (χ2n) is 4.70. The Morgan fingerprint density at radius 3 is 2.67 bits per heavy atom. The average molecular weight is 307 g/mol. The predicted molar refractivity (Wildman–Crippen MR) is 81.6 cm³/mol. The second-order valence-corrected chi connectivity index (χ2v) is 5.49. The molecule has 0 aromatic heterocycles. The third kappa shape index (κ3) is 3.49. The quantitative estimate of drug-likeness (QED) is 0.680. The lowest BCUT2D eigenvalue weighted by Crippen LogP contribution is -2.04. The van der Waals surface area contributed by atoms with Crippen molar-refractivity contribution in [3.8, 4) is 5.75 Å². The largest absolute Gasteiger partial charge is 0.493 e. The van der Waals surface area contributed by atoms with Gasteiger partial charge in [0.1, 0.15) is 5.75 Å². The Balaban J connectivity index is 1.99. The molecular weight excluding hydrogens is 288 g/mol. The van der Waals surface area contributed by atoms with Crippen molar-refractivity contribution >= 4 is 26.7 Å². The van der Waals surface area contributed by atoms with Crippen molar-refractivity contribution in [2.75, 3.05) is 11.9 Å². The first-order valence-electron chi connectivity index (χ1n) is 6.48. The van der Waals surface area contributed by atoms with E-state index in [0.717, 1.165) is 24.1 Å². The van der Waals surface area contributed by atoms with Gasteiger partial charge >= 0.3 is 0 Å². The molecule has 2 rings (SSSR count). The lowest BCUT2D eigenvalue weighted by Gasteiger charge is -2.12. The van der Waals surface area contributed by atoms with Crippen LogP contribution in [0.3, 0.4) is 0 Å². The van der Waals surface area contributed by atoms with Crippen molar-refractivity contribution in [3.05, 3.63) is 42.5 Å². The maximum atomic E-state index is 5.92. The highest BCUT2D eigenvalue weighted by Gasteiger charge is 2.04. The fraction of sp³-hybridized carbons (Fsp3) is 0.375. The van der Waals surface area contributed by atoms with E-state index < -0.39 is 0 Å². The zero-order valence-electron chi connectivity index (χ0n) is 10.7. The molecule has 0 heterocycles. The molecule has 0 aliphatic heterocycles. The zero-order chi connectivity index (χ0) is 12.8. The first-order chi connectivity index (χ1) is 8.81. The van der Waals surface area contributed by atoms with E-state index in [0.29, 0.717) is 5.92 Å². The molecule has 0 N–H and O–H groups in total. The van der Waals surface area contributed by atoms with Gasteiger partial charge in [-0.25, -0.2) is 0 Å². The van der Waals surface area contributed by atoms with E-state index in [1.165, 1.54) is 17.2 Å². The highest BCUT2D eigenvalue weighted by Crippen LogP contribution is 2.25. The molecule has 0 amide bonds. The standard InChI is InChI=1S/C16H19BrO/c1-13(9-11-17)10-12-18-16-8-4-6-14-5-2-3-7-15(14)16/h2-8,13H,9-12H2,1H3. The smallest absolute Gasteiger partial charge is 0.127 e. The van der Waals surface area contributed by atoms with E-state index in [2.05, 4.69) is 65.3 Å². The summed E-state index contributed by atoms with van der Waals surface area (Å²) < 4.78 is 5.92. The van der Waals surface area contributed by atoms with E-state index in [9.17, 15) is 0 Å². The first-order valence-corrected chi connectivity index (χ1v) is 7.60. The molecule has 0 saturated carbocycles. The Morgan fingerprint density at radius 2 is 1.83 bits per heavy atom. The summed E-state index contributed by atoms with van der Waals surface area (Å²) in [4.78, 5) is 0. The number of hydrogen-bond donors (Lipinski definition) is 0. The van der Waals surface area contributed by atoms with Crippen molar-refractivity contribution in [3.63, 3.8) is 0 Å². The fourth-order valence-corrected chi connectivity index (χ4v) is 2.80. The molecule has 2 aromatic rings. The van der Waals surface area contributed by atoms with Crippen LogP contribution < -0.4 is 4.74 Å². The van der Waals surface area contributed by atoms with Crippen molar-refractivity contribution in [1.29, 1.82) is 0 Å². The minimum atomic E-state index is 0.708. The Kier molecular flexibility index (Phi) is 5.06. The van der Waals surface area contributed by atoms with Gasteiger partial charge in [-0.3, -0.25) is 0 Å². The molecule has 0 aliphatic rings. The predicted octanol–water partition coefficient (Wildman–Crippen LogP) is 5.03. The van der Waals surface area contributed by atoms with E-state index in [4.69, 9.17) is 4.74 Å². The minimum Gasteiger partial charge on any atom is -0.493 e. The maximum Gasteiger partial charge on any atom is 0.127 e. The fourth-order valence-electron chi connectivity index (χ4n) is 2.02. The van der Waals surface area contributed by atoms with Gasteiger partial charge in [-0.2, -0.15) is 0 Å². The van der Waals surface area contributed by atoms with Crippen LogP contribution in [0.4, 0.5) is 0 Å². The number of rotatable bonds is 6. The molecular formula is C16H19BrO. The van der Waals surface area contributed by atoms with Crippen molar-refractivity contribution in [1.82, 2.24) is 0 Å².